The molecular formula is C17H22N2O3S2. The van der Waals surface area contributed by atoms with E-state index in [-0.39, 0.29) is 21.9 Å². The van der Waals surface area contributed by atoms with Crippen molar-refractivity contribution in [2.75, 3.05) is 0 Å². The van der Waals surface area contributed by atoms with Gasteiger partial charge in [0.1, 0.15) is 0 Å². The first-order valence-electron chi connectivity index (χ1n) is 8.52. The maximum Gasteiger partial charge on any atom is 0.308 e. The van der Waals surface area contributed by atoms with E-state index in [4.69, 9.17) is 0 Å². The molecule has 7 heteroatoms. The number of aromatic nitrogens is 1. The first-order chi connectivity index (χ1) is 11.3. The highest BCUT2D eigenvalue weighted by Gasteiger charge is 2.41. The number of sulfonamides is 1. The summed E-state index contributed by atoms with van der Waals surface area (Å²) >= 11 is 1.11. The molecule has 0 aliphatic heterocycles. The van der Waals surface area contributed by atoms with Gasteiger partial charge in [0.25, 0.3) is 0 Å². The lowest BCUT2D eigenvalue weighted by Gasteiger charge is -2.22. The second-order valence-electron chi connectivity index (χ2n) is 7.36. The second-order valence-corrected chi connectivity index (χ2v) is 10.1. The van der Waals surface area contributed by atoms with Gasteiger partial charge in [0, 0.05) is 12.1 Å². The Balaban J connectivity index is 1.67. The van der Waals surface area contributed by atoms with Crippen LogP contribution in [0, 0.1) is 11.8 Å². The fourth-order valence-electron chi connectivity index (χ4n) is 4.33. The predicted octanol–water partition coefficient (Wildman–Crippen LogP) is 3.11. The zero-order valence-electron chi connectivity index (χ0n) is 13.9. The molecule has 2 bridgehead atoms. The highest BCUT2D eigenvalue weighted by Crippen LogP contribution is 2.44. The van der Waals surface area contributed by atoms with E-state index in [2.05, 4.69) is 4.72 Å². The molecule has 5 nitrogen and oxygen atoms in total. The summed E-state index contributed by atoms with van der Waals surface area (Å²) in [6.07, 6.45) is 4.50. The van der Waals surface area contributed by atoms with Crippen molar-refractivity contribution in [2.45, 2.75) is 56.5 Å². The van der Waals surface area contributed by atoms with Crippen LogP contribution in [0.2, 0.25) is 0 Å². The summed E-state index contributed by atoms with van der Waals surface area (Å²) in [5.74, 6) is 1.18. The van der Waals surface area contributed by atoms with Crippen LogP contribution in [0.25, 0.3) is 10.2 Å². The minimum Gasteiger partial charge on any atom is -0.296 e. The standard InChI is InChI=1S/C17H22N2O3S2/c1-10(2)19-15-6-5-13(9-16(15)23-17(19)20)24(21,22)18-14-8-11-3-4-12(14)7-11/h5-6,9-12,14,18H,3-4,7-8H2,1-2H3/t11-,12-,14-/m0/s1. The Morgan fingerprint density at radius 3 is 2.67 bits per heavy atom. The number of fused-ring (bicyclic) bond motifs is 3. The van der Waals surface area contributed by atoms with Gasteiger partial charge in [-0.2, -0.15) is 0 Å². The van der Waals surface area contributed by atoms with Gasteiger partial charge >= 0.3 is 4.87 Å². The smallest absolute Gasteiger partial charge is 0.296 e. The molecule has 0 spiro atoms. The summed E-state index contributed by atoms with van der Waals surface area (Å²) in [6, 6.07) is 5.13. The van der Waals surface area contributed by atoms with E-state index in [1.165, 1.54) is 6.42 Å². The maximum absolute atomic E-state index is 12.7. The topological polar surface area (TPSA) is 68.2 Å². The predicted molar refractivity (Wildman–Crippen MR) is 96.0 cm³/mol. The van der Waals surface area contributed by atoms with Crippen LogP contribution in [-0.4, -0.2) is 19.0 Å². The van der Waals surface area contributed by atoms with E-state index in [1.807, 2.05) is 13.8 Å². The van der Waals surface area contributed by atoms with Crippen molar-refractivity contribution < 1.29 is 8.42 Å². The monoisotopic (exact) mass is 366 g/mol. The molecule has 2 aliphatic carbocycles. The number of nitrogens with one attached hydrogen (secondary N) is 1. The van der Waals surface area contributed by atoms with Crippen LogP contribution in [0.3, 0.4) is 0 Å². The Morgan fingerprint density at radius 2 is 2.04 bits per heavy atom. The van der Waals surface area contributed by atoms with Crippen LogP contribution in [-0.2, 0) is 10.0 Å². The molecule has 2 saturated carbocycles. The van der Waals surface area contributed by atoms with Gasteiger partial charge in [-0.3, -0.25) is 9.36 Å². The number of hydrogen-bond acceptors (Lipinski definition) is 4. The van der Waals surface area contributed by atoms with Crippen LogP contribution in [0.1, 0.15) is 45.6 Å². The molecule has 24 heavy (non-hydrogen) atoms. The van der Waals surface area contributed by atoms with Crippen molar-refractivity contribution >= 4 is 31.6 Å². The molecule has 0 radical (unpaired) electrons. The number of hydrogen-bond donors (Lipinski definition) is 1. The summed E-state index contributed by atoms with van der Waals surface area (Å²) < 4.78 is 30.8. The van der Waals surface area contributed by atoms with Gasteiger partial charge < -0.3 is 0 Å². The largest absolute Gasteiger partial charge is 0.308 e. The Kier molecular flexibility index (Phi) is 3.85. The third kappa shape index (κ3) is 2.62. The van der Waals surface area contributed by atoms with E-state index < -0.39 is 10.0 Å². The number of nitrogens with zero attached hydrogens (tertiary/aromatic N) is 1. The van der Waals surface area contributed by atoms with Gasteiger partial charge in [-0.25, -0.2) is 13.1 Å². The highest BCUT2D eigenvalue weighted by molar-refractivity contribution is 7.89. The highest BCUT2D eigenvalue weighted by atomic mass is 32.2. The number of thiazole rings is 1. The molecule has 1 heterocycles. The minimum absolute atomic E-state index is 0.0457. The van der Waals surface area contributed by atoms with E-state index in [9.17, 15) is 13.2 Å². The number of rotatable bonds is 4. The van der Waals surface area contributed by atoms with Gasteiger partial charge in [-0.15, -0.1) is 0 Å². The Bertz CT molecular complexity index is 942. The molecule has 0 unspecified atom stereocenters. The quantitative estimate of drug-likeness (QED) is 0.904. The van der Waals surface area contributed by atoms with Gasteiger partial charge in [-0.1, -0.05) is 17.8 Å². The molecular weight excluding hydrogens is 344 g/mol. The van der Waals surface area contributed by atoms with Crippen LogP contribution in [0.5, 0.6) is 0 Å². The zero-order chi connectivity index (χ0) is 17.1. The molecule has 0 saturated heterocycles. The minimum atomic E-state index is -3.54. The van der Waals surface area contributed by atoms with E-state index in [0.717, 1.165) is 40.8 Å². The molecule has 1 aromatic heterocycles. The molecule has 0 amide bonds. The summed E-state index contributed by atoms with van der Waals surface area (Å²) in [4.78, 5) is 12.3. The SMILES string of the molecule is CC(C)n1c(=O)sc2cc(S(=O)(=O)N[C@H]3C[C@H]4CC[C@H]3C4)ccc21. The van der Waals surface area contributed by atoms with E-state index >= 15 is 0 Å². The van der Waals surface area contributed by atoms with Gasteiger partial charge in [0.2, 0.25) is 10.0 Å². The average Bonchev–Trinajstić information content (AvgIpc) is 3.18. The molecule has 2 fully saturated rings. The first-order valence-corrected chi connectivity index (χ1v) is 10.8. The number of benzene rings is 1. The second kappa shape index (κ2) is 5.68. The van der Waals surface area contributed by atoms with Crippen molar-refractivity contribution in [3.63, 3.8) is 0 Å². The molecule has 2 aromatic rings. The van der Waals surface area contributed by atoms with E-state index in [0.29, 0.717) is 11.8 Å². The normalized spacial score (nSPS) is 26.7. The third-order valence-corrected chi connectivity index (χ3v) is 7.86. The van der Waals surface area contributed by atoms with Crippen molar-refractivity contribution in [2.24, 2.45) is 11.8 Å². The van der Waals surface area contributed by atoms with Crippen LogP contribution >= 0.6 is 11.3 Å². The molecule has 1 aromatic carbocycles. The van der Waals surface area contributed by atoms with E-state index in [1.54, 1.807) is 22.8 Å². The fourth-order valence-corrected chi connectivity index (χ4v) is 6.80. The average molecular weight is 367 g/mol. The van der Waals surface area contributed by atoms with Crippen LogP contribution < -0.4 is 9.60 Å². The fraction of sp³-hybridized carbons (Fsp3) is 0.588. The van der Waals surface area contributed by atoms with Crippen LogP contribution in [0.4, 0.5) is 0 Å². The Hall–Kier alpha value is -1.18. The lowest BCUT2D eigenvalue weighted by atomic mass is 9.96. The van der Waals surface area contributed by atoms with Crippen molar-refractivity contribution in [1.82, 2.24) is 9.29 Å². The summed E-state index contributed by atoms with van der Waals surface area (Å²) in [5, 5.41) is 0. The third-order valence-electron chi connectivity index (χ3n) is 5.46. The van der Waals surface area contributed by atoms with Crippen molar-refractivity contribution in [3.05, 3.63) is 27.9 Å². The first kappa shape index (κ1) is 16.3. The lowest BCUT2D eigenvalue weighted by Crippen LogP contribution is -2.38. The molecule has 1 N–H and O–H groups in total. The van der Waals surface area contributed by atoms with Crippen molar-refractivity contribution in [3.8, 4) is 0 Å². The summed E-state index contributed by atoms with van der Waals surface area (Å²) in [5.41, 5.74) is 0.805. The molecule has 130 valence electrons. The molecule has 4 rings (SSSR count). The van der Waals surface area contributed by atoms with Gasteiger partial charge in [0.15, 0.2) is 0 Å². The Morgan fingerprint density at radius 1 is 1.25 bits per heavy atom. The lowest BCUT2D eigenvalue weighted by molar-refractivity contribution is 0.390. The van der Waals surface area contributed by atoms with Crippen molar-refractivity contribution in [1.29, 1.82) is 0 Å². The summed E-state index contributed by atoms with van der Waals surface area (Å²) in [7, 11) is -3.54. The van der Waals surface area contributed by atoms with Crippen LogP contribution in [0.15, 0.2) is 27.9 Å². The maximum atomic E-state index is 12.7. The van der Waals surface area contributed by atoms with Gasteiger partial charge in [-0.05, 0) is 63.1 Å². The summed E-state index contributed by atoms with van der Waals surface area (Å²) in [6.45, 7) is 3.91. The molecule has 3 atom stereocenters. The van der Waals surface area contributed by atoms with Gasteiger partial charge in [0.05, 0.1) is 15.1 Å². The molecule has 2 aliphatic rings. The Labute approximate surface area is 145 Å². The zero-order valence-corrected chi connectivity index (χ0v) is 15.5.